The first-order chi connectivity index (χ1) is 19.0. The fourth-order valence-corrected chi connectivity index (χ4v) is 7.27. The molecular formula is C20H24N8O8P2S2. The summed E-state index contributed by atoms with van der Waals surface area (Å²) < 4.78 is 45.5. The van der Waals surface area contributed by atoms with Crippen molar-refractivity contribution in [3.63, 3.8) is 0 Å². The van der Waals surface area contributed by atoms with Crippen LogP contribution in [0.25, 0.3) is 22.2 Å². The van der Waals surface area contributed by atoms with Gasteiger partial charge in [-0.25, -0.2) is 24.5 Å². The molecule has 0 aliphatic carbocycles. The number of aromatic nitrogens is 7. The lowest BCUT2D eigenvalue weighted by molar-refractivity contribution is -0.0440. The van der Waals surface area contributed by atoms with Gasteiger partial charge in [-0.15, -0.1) is 0 Å². The number of imidazole rings is 1. The highest BCUT2D eigenvalue weighted by Crippen LogP contribution is 2.57. The predicted octanol–water partition coefficient (Wildman–Crippen LogP) is 1.95. The molecule has 0 spiro atoms. The van der Waals surface area contributed by atoms with Gasteiger partial charge in [0.05, 0.1) is 37.6 Å². The Labute approximate surface area is 236 Å². The number of hydrogen-bond donors (Lipinski definition) is 4. The molecule has 214 valence electrons. The molecule has 0 radical (unpaired) electrons. The quantitative estimate of drug-likeness (QED) is 0.175. The molecule has 16 nitrogen and oxygen atoms in total. The number of aromatic amines is 1. The van der Waals surface area contributed by atoms with E-state index in [4.69, 9.17) is 40.4 Å². The molecule has 40 heavy (non-hydrogen) atoms. The maximum absolute atomic E-state index is 13.5. The number of aryl methyl sites for hydroxylation is 1. The van der Waals surface area contributed by atoms with Crippen molar-refractivity contribution in [3.8, 4) is 0 Å². The van der Waals surface area contributed by atoms with Crippen LogP contribution in [0.1, 0.15) is 24.2 Å². The number of nitrogens with one attached hydrogen (secondary N) is 1. The summed E-state index contributed by atoms with van der Waals surface area (Å²) in [5.41, 5.74) is 6.95. The van der Waals surface area contributed by atoms with Gasteiger partial charge in [0.25, 0.3) is 5.56 Å². The van der Waals surface area contributed by atoms with Crippen molar-refractivity contribution in [2.24, 2.45) is 0 Å². The monoisotopic (exact) mass is 630 g/mol. The number of thiol groups is 1. The molecular weight excluding hydrogens is 606 g/mol. The zero-order valence-corrected chi connectivity index (χ0v) is 24.3. The number of hydrogen-bond acceptors (Lipinski definition) is 13. The first-order valence-corrected chi connectivity index (χ1v) is 17.2. The van der Waals surface area contributed by atoms with Crippen molar-refractivity contribution >= 4 is 65.6 Å². The van der Waals surface area contributed by atoms with E-state index in [1.165, 1.54) is 17.2 Å². The van der Waals surface area contributed by atoms with Crippen LogP contribution < -0.4 is 11.3 Å². The molecule has 4 aromatic heterocycles. The highest BCUT2D eigenvalue weighted by atomic mass is 32.7. The van der Waals surface area contributed by atoms with Crippen molar-refractivity contribution in [2.75, 3.05) is 18.9 Å². The van der Waals surface area contributed by atoms with Crippen LogP contribution in [0, 0.1) is 6.92 Å². The number of fused-ring (bicyclic) bond motifs is 6. The summed E-state index contributed by atoms with van der Waals surface area (Å²) >= 11 is 9.41. The minimum Gasteiger partial charge on any atom is -0.383 e. The van der Waals surface area contributed by atoms with Crippen LogP contribution in [0.15, 0.2) is 23.5 Å². The second kappa shape index (κ2) is 10.5. The number of ether oxygens (including phenoxy) is 1. The van der Waals surface area contributed by atoms with Crippen LogP contribution in [0.2, 0.25) is 0 Å². The standard InChI is InChI=1S/C20H24N8O8P2S2/c1-10-25-18-15(19(29)26-10)24-9-28(18)20-14-5-12(35-20)7-34-37(30,39)32-3-2-27-11(6-33-38(31,40)36-14)4-13-16(21)22-8-23-17(13)27/h4,8-9,12,14,20H,2-3,5-7H2,1H3,(H,30,39)(H,31,40)(H2,21,22,23)(H,25,26,29)/t12-,14+,20+,37?,38?/m0/s1. The van der Waals surface area contributed by atoms with Gasteiger partial charge in [0.15, 0.2) is 17.4 Å². The van der Waals surface area contributed by atoms with Crippen LogP contribution >= 0.6 is 25.8 Å². The smallest absolute Gasteiger partial charge is 0.383 e. The Bertz CT molecular complexity index is 1760. The summed E-state index contributed by atoms with van der Waals surface area (Å²) in [5, 5.41) is 0.550. The Kier molecular flexibility index (Phi) is 7.36. The Morgan fingerprint density at radius 2 is 2.08 bits per heavy atom. The van der Waals surface area contributed by atoms with Gasteiger partial charge in [0.2, 0.25) is 0 Å². The molecule has 2 aliphatic heterocycles. The molecule has 20 heteroatoms. The van der Waals surface area contributed by atoms with Gasteiger partial charge in [-0.05, 0) is 24.8 Å². The molecule has 2 unspecified atom stereocenters. The molecule has 2 bridgehead atoms. The van der Waals surface area contributed by atoms with E-state index >= 15 is 0 Å². The molecule has 2 aliphatic rings. The number of nitrogens with two attached hydrogens (primary N) is 1. The van der Waals surface area contributed by atoms with Crippen molar-refractivity contribution in [3.05, 3.63) is 40.6 Å². The van der Waals surface area contributed by atoms with Gasteiger partial charge in [0.1, 0.15) is 29.7 Å². The number of H-pyrrole nitrogens is 1. The number of nitrogen functional groups attached to an aromatic ring is 1. The van der Waals surface area contributed by atoms with Crippen LogP contribution in [-0.4, -0.2) is 64.4 Å². The van der Waals surface area contributed by atoms with Gasteiger partial charge in [-0.1, -0.05) is 12.2 Å². The predicted molar refractivity (Wildman–Crippen MR) is 148 cm³/mol. The molecule has 6 rings (SSSR count). The van der Waals surface area contributed by atoms with Crippen LogP contribution in [0.5, 0.6) is 0 Å². The molecule has 1 fully saturated rings. The topological polar surface area (TPSA) is 204 Å². The summed E-state index contributed by atoms with van der Waals surface area (Å²) in [6.07, 6.45) is 0.346. The minimum atomic E-state index is -4.00. The van der Waals surface area contributed by atoms with Crippen LogP contribution in [0.3, 0.4) is 0 Å². The summed E-state index contributed by atoms with van der Waals surface area (Å²) in [6.45, 7) is -6.20. The van der Waals surface area contributed by atoms with Crippen molar-refractivity contribution in [1.82, 2.24) is 34.1 Å². The lowest BCUT2D eigenvalue weighted by Crippen LogP contribution is -2.22. The average Bonchev–Trinajstić information content (AvgIpc) is 3.57. The molecule has 0 saturated carbocycles. The zero-order chi connectivity index (χ0) is 28.2. The third kappa shape index (κ3) is 5.48. The first kappa shape index (κ1) is 27.9. The molecule has 1 saturated heterocycles. The highest BCUT2D eigenvalue weighted by molar-refractivity contribution is 8.44. The first-order valence-electron chi connectivity index (χ1n) is 11.9. The van der Waals surface area contributed by atoms with Gasteiger partial charge in [0, 0.05) is 18.7 Å². The van der Waals surface area contributed by atoms with Gasteiger partial charge >= 0.3 is 13.5 Å². The van der Waals surface area contributed by atoms with E-state index in [2.05, 4.69) is 37.2 Å². The van der Waals surface area contributed by atoms with E-state index in [0.717, 1.165) is 0 Å². The Hall–Kier alpha value is -2.24. The second-order valence-electron chi connectivity index (χ2n) is 9.13. The Balaban J connectivity index is 1.36. The average molecular weight is 631 g/mol. The lowest BCUT2D eigenvalue weighted by atomic mass is 10.2. The van der Waals surface area contributed by atoms with E-state index in [1.54, 1.807) is 17.6 Å². The van der Waals surface area contributed by atoms with E-state index in [1.807, 2.05) is 0 Å². The second-order valence-corrected chi connectivity index (χ2v) is 14.8. The van der Waals surface area contributed by atoms with Crippen molar-refractivity contribution in [1.29, 1.82) is 0 Å². The summed E-state index contributed by atoms with van der Waals surface area (Å²) in [6, 6.07) is 1.70. The molecule has 4 aromatic rings. The largest absolute Gasteiger partial charge is 0.386 e. The minimum absolute atomic E-state index is 0.0269. The normalized spacial score (nSPS) is 30.2. The third-order valence-corrected chi connectivity index (χ3v) is 9.65. The molecule has 0 aromatic carbocycles. The van der Waals surface area contributed by atoms with Crippen molar-refractivity contribution < 1.29 is 32.3 Å². The van der Waals surface area contributed by atoms with Gasteiger partial charge in [-0.2, -0.15) is 0 Å². The van der Waals surface area contributed by atoms with Crippen molar-refractivity contribution in [2.45, 2.75) is 44.9 Å². The number of rotatable bonds is 1. The zero-order valence-electron chi connectivity index (χ0n) is 20.8. The molecule has 4 N–H and O–H groups in total. The Morgan fingerprint density at radius 3 is 2.90 bits per heavy atom. The maximum Gasteiger partial charge on any atom is 0.386 e. The molecule has 0 amide bonds. The summed E-state index contributed by atoms with van der Waals surface area (Å²) in [4.78, 5) is 42.5. The van der Waals surface area contributed by atoms with E-state index in [0.29, 0.717) is 22.6 Å². The van der Waals surface area contributed by atoms with E-state index in [9.17, 15) is 14.3 Å². The van der Waals surface area contributed by atoms with Crippen LogP contribution in [0.4, 0.5) is 5.82 Å². The fourth-order valence-electron chi connectivity index (χ4n) is 4.70. The Morgan fingerprint density at radius 1 is 1.25 bits per heavy atom. The summed E-state index contributed by atoms with van der Waals surface area (Å²) in [5.74, 6) is 0.611. The molecule has 6 heterocycles. The highest BCUT2D eigenvalue weighted by Gasteiger charge is 2.43. The maximum atomic E-state index is 13.5. The third-order valence-electron chi connectivity index (χ3n) is 6.41. The fraction of sp³-hybridized carbons (Fsp3) is 0.450. The van der Waals surface area contributed by atoms with E-state index in [-0.39, 0.29) is 49.8 Å². The van der Waals surface area contributed by atoms with Gasteiger partial charge in [-0.3, -0.25) is 18.4 Å². The number of nitrogens with zero attached hydrogens (tertiary/aromatic N) is 6. The van der Waals surface area contributed by atoms with E-state index < -0.39 is 37.5 Å². The van der Waals surface area contributed by atoms with Crippen LogP contribution in [-0.2, 0) is 52.4 Å². The lowest BCUT2D eigenvalue weighted by Gasteiger charge is -2.23. The number of anilines is 1. The van der Waals surface area contributed by atoms with Gasteiger partial charge < -0.3 is 34.0 Å². The summed E-state index contributed by atoms with van der Waals surface area (Å²) in [7, 11) is 0. The molecule has 5 atom stereocenters. The SMILES string of the molecule is Cc1nc2c(ncn2[C@@H]2O[C@@H]3COP(O)(=S)OCCn4c(cc5c(N)ncnc54)COP(=O)(S)O[C@@H]2C3)c(=O)[nH]1.